The minimum Gasteiger partial charge on any atom is -0.480 e. The molecule has 2 unspecified atom stereocenters. The minimum atomic E-state index is -0.755. The normalized spacial score (nSPS) is 24.2. The monoisotopic (exact) mass is 269 g/mol. The molecule has 18 heavy (non-hydrogen) atoms. The van der Waals surface area contributed by atoms with Gasteiger partial charge in [0.25, 0.3) is 0 Å². The first-order chi connectivity index (χ1) is 8.63. The summed E-state index contributed by atoms with van der Waals surface area (Å²) in [5, 5.41) is 10.1. The van der Waals surface area contributed by atoms with Gasteiger partial charge in [0.05, 0.1) is 0 Å². The molecule has 0 amide bonds. The highest BCUT2D eigenvalue weighted by atomic mass is 32.1. The fraction of sp³-hybridized carbons (Fsp3) is 0.750. The molecule has 1 aromatic heterocycles. The number of aliphatic carboxylic acids is 1. The summed E-state index contributed by atoms with van der Waals surface area (Å²) in [6.07, 6.45) is 3.86. The summed E-state index contributed by atoms with van der Waals surface area (Å²) in [6, 6.07) is -0.457. The first kappa shape index (κ1) is 13.3. The van der Waals surface area contributed by atoms with E-state index >= 15 is 0 Å². The van der Waals surface area contributed by atoms with E-state index in [2.05, 4.69) is 16.3 Å². The lowest BCUT2D eigenvalue weighted by Crippen LogP contribution is -2.49. The van der Waals surface area contributed by atoms with Crippen LogP contribution in [0, 0.1) is 5.92 Å². The molecule has 1 aliphatic rings. The molecule has 2 atom stereocenters. The van der Waals surface area contributed by atoms with Gasteiger partial charge in [0.2, 0.25) is 5.13 Å². The molecular formula is C12H19N3O2S. The van der Waals surface area contributed by atoms with Crippen molar-refractivity contribution in [1.82, 2.24) is 9.36 Å². The molecule has 1 saturated heterocycles. The summed E-state index contributed by atoms with van der Waals surface area (Å²) in [5.74, 6) is 0.240. The Labute approximate surface area is 111 Å². The van der Waals surface area contributed by atoms with Gasteiger partial charge in [-0.05, 0) is 25.2 Å². The van der Waals surface area contributed by atoms with Gasteiger partial charge >= 0.3 is 5.97 Å². The number of anilines is 1. The fourth-order valence-electron chi connectivity index (χ4n) is 2.47. The predicted octanol–water partition coefficient (Wildman–Crippen LogP) is 2.18. The molecule has 0 radical (unpaired) electrons. The summed E-state index contributed by atoms with van der Waals surface area (Å²) in [6.45, 7) is 4.85. The van der Waals surface area contributed by atoms with Crippen molar-refractivity contribution < 1.29 is 9.90 Å². The molecule has 2 rings (SSSR count). The van der Waals surface area contributed by atoms with Crippen LogP contribution in [0.2, 0.25) is 0 Å². The summed E-state index contributed by atoms with van der Waals surface area (Å²) in [4.78, 5) is 17.8. The Morgan fingerprint density at radius 3 is 3.06 bits per heavy atom. The predicted molar refractivity (Wildman–Crippen MR) is 71.1 cm³/mol. The third-order valence-corrected chi connectivity index (χ3v) is 4.15. The zero-order valence-electron chi connectivity index (χ0n) is 10.8. The molecule has 0 bridgehead atoms. The SMILES string of the molecule is CCCc1nsc(N2CCCC(C)C2C(=O)O)n1. The number of hydrogen-bond acceptors (Lipinski definition) is 5. The maximum atomic E-state index is 11.4. The van der Waals surface area contributed by atoms with Crippen molar-refractivity contribution in [1.29, 1.82) is 0 Å². The number of carbonyl (C=O) groups is 1. The van der Waals surface area contributed by atoms with Gasteiger partial charge in [-0.2, -0.15) is 4.37 Å². The van der Waals surface area contributed by atoms with Crippen LogP contribution in [0.4, 0.5) is 5.13 Å². The van der Waals surface area contributed by atoms with Gasteiger partial charge in [-0.25, -0.2) is 9.78 Å². The number of piperidine rings is 1. The first-order valence-corrected chi connectivity index (χ1v) is 7.22. The van der Waals surface area contributed by atoms with E-state index in [0.717, 1.165) is 43.2 Å². The van der Waals surface area contributed by atoms with Crippen LogP contribution in [0.3, 0.4) is 0 Å². The lowest BCUT2D eigenvalue weighted by Gasteiger charge is -2.36. The molecule has 0 saturated carbocycles. The summed E-state index contributed by atoms with van der Waals surface area (Å²) in [7, 11) is 0. The number of aryl methyl sites for hydroxylation is 1. The molecule has 1 fully saturated rings. The molecule has 0 aromatic carbocycles. The largest absolute Gasteiger partial charge is 0.480 e. The van der Waals surface area contributed by atoms with Crippen LogP contribution in [0.1, 0.15) is 38.9 Å². The Balaban J connectivity index is 2.20. The maximum Gasteiger partial charge on any atom is 0.326 e. The van der Waals surface area contributed by atoms with E-state index in [1.165, 1.54) is 11.5 Å². The van der Waals surface area contributed by atoms with Crippen LogP contribution in [0.5, 0.6) is 0 Å². The van der Waals surface area contributed by atoms with Gasteiger partial charge in [0.1, 0.15) is 11.9 Å². The topological polar surface area (TPSA) is 66.3 Å². The minimum absolute atomic E-state index is 0.162. The Hall–Kier alpha value is -1.17. The molecule has 5 nitrogen and oxygen atoms in total. The molecule has 1 N–H and O–H groups in total. The highest BCUT2D eigenvalue weighted by Crippen LogP contribution is 2.30. The van der Waals surface area contributed by atoms with E-state index in [4.69, 9.17) is 0 Å². The number of hydrogen-bond donors (Lipinski definition) is 1. The van der Waals surface area contributed by atoms with Crippen molar-refractivity contribution in [2.75, 3.05) is 11.4 Å². The lowest BCUT2D eigenvalue weighted by molar-refractivity contribution is -0.140. The Morgan fingerprint density at radius 2 is 2.39 bits per heavy atom. The average Bonchev–Trinajstić information content (AvgIpc) is 2.77. The zero-order chi connectivity index (χ0) is 13.1. The highest BCUT2D eigenvalue weighted by molar-refractivity contribution is 7.09. The molecule has 6 heteroatoms. The van der Waals surface area contributed by atoms with Crippen LogP contribution in [-0.2, 0) is 11.2 Å². The molecule has 1 aromatic rings. The van der Waals surface area contributed by atoms with E-state index in [9.17, 15) is 9.90 Å². The third-order valence-electron chi connectivity index (χ3n) is 3.36. The summed E-state index contributed by atoms with van der Waals surface area (Å²) in [5.41, 5.74) is 0. The second-order valence-electron chi connectivity index (χ2n) is 4.84. The summed E-state index contributed by atoms with van der Waals surface area (Å²) < 4.78 is 4.30. The second kappa shape index (κ2) is 5.65. The molecule has 100 valence electrons. The number of carboxylic acids is 1. The fourth-order valence-corrected chi connectivity index (χ4v) is 3.24. The van der Waals surface area contributed by atoms with Gasteiger partial charge in [-0.3, -0.25) is 0 Å². The summed E-state index contributed by atoms with van der Waals surface area (Å²) >= 11 is 1.32. The Morgan fingerprint density at radius 1 is 1.61 bits per heavy atom. The van der Waals surface area contributed by atoms with Crippen LogP contribution < -0.4 is 4.90 Å². The van der Waals surface area contributed by atoms with Crippen molar-refractivity contribution in [3.05, 3.63) is 5.82 Å². The smallest absolute Gasteiger partial charge is 0.326 e. The van der Waals surface area contributed by atoms with Crippen molar-refractivity contribution in [2.45, 2.75) is 45.6 Å². The quantitative estimate of drug-likeness (QED) is 0.907. The van der Waals surface area contributed by atoms with Gasteiger partial charge in [-0.15, -0.1) is 0 Å². The third kappa shape index (κ3) is 2.63. The molecule has 0 spiro atoms. The van der Waals surface area contributed by atoms with Crippen LogP contribution >= 0.6 is 11.5 Å². The molecular weight excluding hydrogens is 250 g/mol. The Bertz CT molecular complexity index is 421. The Kier molecular flexibility index (Phi) is 4.16. The van der Waals surface area contributed by atoms with Crippen molar-refractivity contribution in [3.63, 3.8) is 0 Å². The number of nitrogens with zero attached hydrogens (tertiary/aromatic N) is 3. The average molecular weight is 269 g/mol. The second-order valence-corrected chi connectivity index (χ2v) is 5.57. The van der Waals surface area contributed by atoms with E-state index < -0.39 is 12.0 Å². The van der Waals surface area contributed by atoms with Gasteiger partial charge in [0, 0.05) is 24.5 Å². The van der Waals surface area contributed by atoms with E-state index in [1.807, 2.05) is 11.8 Å². The number of aromatic nitrogens is 2. The van der Waals surface area contributed by atoms with Crippen molar-refractivity contribution in [2.24, 2.45) is 5.92 Å². The highest BCUT2D eigenvalue weighted by Gasteiger charge is 2.35. The molecule has 1 aliphatic heterocycles. The lowest BCUT2D eigenvalue weighted by atomic mass is 9.91. The van der Waals surface area contributed by atoms with Gasteiger partial charge < -0.3 is 10.0 Å². The molecule has 0 aliphatic carbocycles. The molecule has 2 heterocycles. The van der Waals surface area contributed by atoms with E-state index in [1.54, 1.807) is 0 Å². The van der Waals surface area contributed by atoms with Crippen LogP contribution in [-0.4, -0.2) is 33.0 Å². The standard InChI is InChI=1S/C12H19N3O2S/c1-3-5-9-13-12(18-14-9)15-7-4-6-8(2)10(15)11(16)17/h8,10H,3-7H2,1-2H3,(H,16,17). The van der Waals surface area contributed by atoms with E-state index in [-0.39, 0.29) is 5.92 Å². The van der Waals surface area contributed by atoms with Gasteiger partial charge in [0.15, 0.2) is 0 Å². The first-order valence-electron chi connectivity index (χ1n) is 6.45. The number of carboxylic acid groups (broad SMARTS) is 1. The van der Waals surface area contributed by atoms with Gasteiger partial charge in [-0.1, -0.05) is 13.8 Å². The van der Waals surface area contributed by atoms with E-state index in [0.29, 0.717) is 0 Å². The number of rotatable bonds is 4. The van der Waals surface area contributed by atoms with Crippen LogP contribution in [0.25, 0.3) is 0 Å². The maximum absolute atomic E-state index is 11.4. The zero-order valence-corrected chi connectivity index (χ0v) is 11.6. The van der Waals surface area contributed by atoms with Crippen molar-refractivity contribution in [3.8, 4) is 0 Å². The van der Waals surface area contributed by atoms with Crippen molar-refractivity contribution >= 4 is 22.6 Å². The van der Waals surface area contributed by atoms with Crippen LogP contribution in [0.15, 0.2) is 0 Å².